The third kappa shape index (κ3) is 4.25. The minimum Gasteiger partial charge on any atom is -0.493 e. The van der Waals surface area contributed by atoms with Crippen LogP contribution in [0.15, 0.2) is 51.0 Å². The van der Waals surface area contributed by atoms with E-state index >= 15 is 0 Å². The molecule has 0 N–H and O–H groups in total. The third-order valence-electron chi connectivity index (χ3n) is 5.97. The molecule has 4 aromatic rings. The van der Waals surface area contributed by atoms with Gasteiger partial charge in [-0.3, -0.25) is 14.2 Å². The zero-order chi connectivity index (χ0) is 23.7. The van der Waals surface area contributed by atoms with E-state index in [1.54, 1.807) is 53.5 Å². The molecule has 3 aromatic heterocycles. The third-order valence-corrected chi connectivity index (χ3v) is 8.13. The summed E-state index contributed by atoms with van der Waals surface area (Å²) in [4.78, 5) is 33.5. The zero-order valence-corrected chi connectivity index (χ0v) is 20.6. The molecule has 0 fully saturated rings. The van der Waals surface area contributed by atoms with E-state index in [9.17, 15) is 9.59 Å². The molecule has 176 valence electrons. The number of ketones is 1. The summed E-state index contributed by atoms with van der Waals surface area (Å²) in [5.74, 6) is 1.77. The summed E-state index contributed by atoms with van der Waals surface area (Å²) in [6.45, 7) is 0.270. The molecule has 0 aliphatic heterocycles. The Balaban J connectivity index is 1.49. The van der Waals surface area contributed by atoms with Crippen LogP contribution in [0.3, 0.4) is 0 Å². The summed E-state index contributed by atoms with van der Waals surface area (Å²) in [7, 11) is 3.09. The first-order chi connectivity index (χ1) is 16.6. The second-order valence-electron chi connectivity index (χ2n) is 8.04. The van der Waals surface area contributed by atoms with Gasteiger partial charge in [-0.1, -0.05) is 11.8 Å². The highest BCUT2D eigenvalue weighted by molar-refractivity contribution is 7.99. The molecule has 34 heavy (non-hydrogen) atoms. The highest BCUT2D eigenvalue weighted by Crippen LogP contribution is 2.35. The number of rotatable bonds is 8. The van der Waals surface area contributed by atoms with E-state index in [1.165, 1.54) is 23.7 Å². The fraction of sp³-hybridized carbons (Fsp3) is 0.320. The van der Waals surface area contributed by atoms with Gasteiger partial charge >= 0.3 is 0 Å². The van der Waals surface area contributed by atoms with E-state index in [-0.39, 0.29) is 23.6 Å². The average Bonchev–Trinajstić information content (AvgIpc) is 3.51. The fourth-order valence-corrected chi connectivity index (χ4v) is 6.45. The zero-order valence-electron chi connectivity index (χ0n) is 19.0. The highest BCUT2D eigenvalue weighted by Gasteiger charge is 2.23. The maximum Gasteiger partial charge on any atom is 0.263 e. The Morgan fingerprint density at radius 2 is 2.00 bits per heavy atom. The Labute approximate surface area is 204 Å². The van der Waals surface area contributed by atoms with Gasteiger partial charge in [0, 0.05) is 10.4 Å². The van der Waals surface area contributed by atoms with Gasteiger partial charge < -0.3 is 13.9 Å². The molecular formula is C25H24N2O5S2. The number of nitrogens with zero attached hydrogens (tertiary/aromatic N) is 2. The van der Waals surface area contributed by atoms with Crippen molar-refractivity contribution in [3.63, 3.8) is 0 Å². The van der Waals surface area contributed by atoms with Crippen LogP contribution in [0.2, 0.25) is 0 Å². The van der Waals surface area contributed by atoms with Crippen molar-refractivity contribution in [1.82, 2.24) is 9.55 Å². The van der Waals surface area contributed by atoms with Crippen molar-refractivity contribution >= 4 is 39.1 Å². The first-order valence-corrected chi connectivity index (χ1v) is 12.8. The number of carbonyl (C=O) groups excluding carboxylic acids is 1. The number of aromatic nitrogens is 2. The van der Waals surface area contributed by atoms with Gasteiger partial charge in [-0.25, -0.2) is 4.98 Å². The number of benzene rings is 1. The second-order valence-corrected chi connectivity index (χ2v) is 10.1. The van der Waals surface area contributed by atoms with Crippen molar-refractivity contribution in [2.75, 3.05) is 20.0 Å². The lowest BCUT2D eigenvalue weighted by Gasteiger charge is -2.13. The van der Waals surface area contributed by atoms with Gasteiger partial charge in [0.05, 0.1) is 38.2 Å². The molecule has 0 saturated heterocycles. The normalized spacial score (nSPS) is 13.1. The van der Waals surface area contributed by atoms with E-state index in [4.69, 9.17) is 18.9 Å². The number of methoxy groups -OCH3 is 2. The molecule has 1 aromatic carbocycles. The summed E-state index contributed by atoms with van der Waals surface area (Å²) in [6.07, 6.45) is 5.73. The molecule has 0 atom stereocenters. The Morgan fingerprint density at radius 1 is 1.18 bits per heavy atom. The highest BCUT2D eigenvalue weighted by atomic mass is 32.2. The molecule has 1 aliphatic rings. The Hall–Kier alpha value is -3.04. The first-order valence-electron chi connectivity index (χ1n) is 11.0. The molecule has 7 nitrogen and oxygen atoms in total. The van der Waals surface area contributed by atoms with Crippen molar-refractivity contribution in [2.45, 2.75) is 37.4 Å². The fourth-order valence-electron chi connectivity index (χ4n) is 4.25. The molecule has 0 spiro atoms. The number of thiophene rings is 1. The van der Waals surface area contributed by atoms with E-state index in [2.05, 4.69) is 0 Å². The van der Waals surface area contributed by atoms with Gasteiger partial charge in [0.25, 0.3) is 5.56 Å². The number of carbonyl (C=O) groups is 1. The summed E-state index contributed by atoms with van der Waals surface area (Å²) < 4.78 is 17.7. The average molecular weight is 497 g/mol. The Bertz CT molecular complexity index is 1410. The number of Topliss-reactive ketones (excluding diaryl/α,β-unsaturated/α-hetero) is 1. The number of hydrogen-bond acceptors (Lipinski definition) is 8. The summed E-state index contributed by atoms with van der Waals surface area (Å²) in [5.41, 5.74) is 1.59. The van der Waals surface area contributed by atoms with Crippen molar-refractivity contribution in [3.05, 3.63) is 68.7 Å². The van der Waals surface area contributed by atoms with E-state index < -0.39 is 0 Å². The molecule has 0 amide bonds. The minimum absolute atomic E-state index is 0.0677. The Kier molecular flexibility index (Phi) is 6.47. The minimum atomic E-state index is -0.0877. The first kappa shape index (κ1) is 22.7. The molecular weight excluding hydrogens is 472 g/mol. The summed E-state index contributed by atoms with van der Waals surface area (Å²) >= 11 is 2.87. The van der Waals surface area contributed by atoms with Crippen LogP contribution >= 0.6 is 23.1 Å². The predicted molar refractivity (Wildman–Crippen MR) is 133 cm³/mol. The van der Waals surface area contributed by atoms with Crippen molar-refractivity contribution in [2.24, 2.45) is 0 Å². The Morgan fingerprint density at radius 3 is 2.76 bits per heavy atom. The van der Waals surface area contributed by atoms with Crippen LogP contribution in [0.25, 0.3) is 10.2 Å². The van der Waals surface area contributed by atoms with E-state index in [0.717, 1.165) is 41.5 Å². The largest absolute Gasteiger partial charge is 0.493 e. The van der Waals surface area contributed by atoms with Crippen LogP contribution < -0.4 is 15.0 Å². The quantitative estimate of drug-likeness (QED) is 0.193. The van der Waals surface area contributed by atoms with Crippen molar-refractivity contribution < 1.29 is 18.7 Å². The molecule has 1 aliphatic carbocycles. The number of thioether (sulfide) groups is 1. The van der Waals surface area contributed by atoms with Crippen LogP contribution in [0.5, 0.6) is 11.5 Å². The maximum absolute atomic E-state index is 13.6. The second kappa shape index (κ2) is 9.68. The van der Waals surface area contributed by atoms with E-state index in [1.807, 2.05) is 6.07 Å². The summed E-state index contributed by atoms with van der Waals surface area (Å²) in [5, 5.41) is 1.24. The van der Waals surface area contributed by atoms with E-state index in [0.29, 0.717) is 28.0 Å². The molecule has 3 heterocycles. The van der Waals surface area contributed by atoms with Gasteiger partial charge in [-0.2, -0.15) is 0 Å². The summed E-state index contributed by atoms with van der Waals surface area (Å²) in [6, 6.07) is 8.73. The number of ether oxygens (including phenoxy) is 2. The van der Waals surface area contributed by atoms with Gasteiger partial charge in [-0.05, 0) is 61.6 Å². The smallest absolute Gasteiger partial charge is 0.263 e. The molecule has 0 saturated carbocycles. The van der Waals surface area contributed by atoms with Crippen molar-refractivity contribution in [1.29, 1.82) is 0 Å². The van der Waals surface area contributed by atoms with Crippen LogP contribution in [0, 0.1) is 0 Å². The molecule has 0 unspecified atom stereocenters. The number of furan rings is 1. The van der Waals surface area contributed by atoms with Crippen LogP contribution in [-0.4, -0.2) is 35.3 Å². The van der Waals surface area contributed by atoms with Crippen LogP contribution in [0.4, 0.5) is 0 Å². The van der Waals surface area contributed by atoms with Crippen LogP contribution in [0.1, 0.15) is 39.4 Å². The lowest BCUT2D eigenvalue weighted by atomic mass is 9.97. The van der Waals surface area contributed by atoms with Gasteiger partial charge in [0.2, 0.25) is 0 Å². The number of fused-ring (bicyclic) bond motifs is 3. The molecule has 5 rings (SSSR count). The predicted octanol–water partition coefficient (Wildman–Crippen LogP) is 4.97. The lowest BCUT2D eigenvalue weighted by molar-refractivity contribution is 0.102. The van der Waals surface area contributed by atoms with Crippen molar-refractivity contribution in [3.8, 4) is 11.5 Å². The number of hydrogen-bond donors (Lipinski definition) is 0. The standard InChI is InChI=1S/C25H24N2O5S2/c1-30-19-10-9-15(12-20(19)31-2)18(28)14-33-25-26-23-22(17-7-3-4-8-21(17)34-23)24(29)27(25)13-16-6-5-11-32-16/h5-6,9-12H,3-4,7-8,13-14H2,1-2H3. The molecule has 0 bridgehead atoms. The number of aryl methyl sites for hydroxylation is 2. The van der Waals surface area contributed by atoms with Crippen LogP contribution in [-0.2, 0) is 19.4 Å². The SMILES string of the molecule is COc1ccc(C(=O)CSc2nc3sc4c(c3c(=O)n2Cc2ccco2)CCCC4)cc1OC. The molecule has 0 radical (unpaired) electrons. The lowest BCUT2D eigenvalue weighted by Crippen LogP contribution is -2.24. The maximum atomic E-state index is 13.6. The van der Waals surface area contributed by atoms with Gasteiger partial charge in [0.1, 0.15) is 10.6 Å². The van der Waals surface area contributed by atoms with Gasteiger partial charge in [-0.15, -0.1) is 11.3 Å². The topological polar surface area (TPSA) is 83.6 Å². The monoisotopic (exact) mass is 496 g/mol. The van der Waals surface area contributed by atoms with Gasteiger partial charge in [0.15, 0.2) is 22.4 Å². The molecule has 9 heteroatoms.